The number of carbonyl (C=O) groups is 1. The van der Waals surface area contributed by atoms with Crippen LogP contribution in [0.15, 0.2) is 16.6 Å². The molecule has 0 aliphatic heterocycles. The molecule has 0 saturated heterocycles. The van der Waals surface area contributed by atoms with E-state index in [1.54, 1.807) is 0 Å². The highest BCUT2D eigenvalue weighted by Crippen LogP contribution is 2.25. The zero-order valence-corrected chi connectivity index (χ0v) is 11.9. The van der Waals surface area contributed by atoms with Gasteiger partial charge in [0.2, 0.25) is 5.91 Å². The quantitative estimate of drug-likeness (QED) is 0.840. The fourth-order valence-corrected chi connectivity index (χ4v) is 2.24. The van der Waals surface area contributed by atoms with Crippen LogP contribution in [0.3, 0.4) is 0 Å². The molecule has 1 aromatic rings. The summed E-state index contributed by atoms with van der Waals surface area (Å²) >= 11 is 9.30. The molecule has 0 aromatic heterocycles. The molecule has 1 aromatic carbocycles. The molecule has 1 amide bonds. The number of halogens is 2. The first-order valence-corrected chi connectivity index (χ1v) is 6.40. The Morgan fingerprint density at radius 3 is 2.38 bits per heavy atom. The summed E-state index contributed by atoms with van der Waals surface area (Å²) in [7, 11) is 0. The highest BCUT2D eigenvalue weighted by Gasteiger charge is 2.15. The van der Waals surface area contributed by atoms with Crippen LogP contribution in [0.1, 0.15) is 24.5 Å². The lowest BCUT2D eigenvalue weighted by atomic mass is 10.1. The lowest BCUT2D eigenvalue weighted by Gasteiger charge is -2.14. The highest BCUT2D eigenvalue weighted by molar-refractivity contribution is 9.10. The Morgan fingerprint density at radius 1 is 1.44 bits per heavy atom. The van der Waals surface area contributed by atoms with Crippen LogP contribution in [0.2, 0.25) is 0 Å². The van der Waals surface area contributed by atoms with Crippen molar-refractivity contribution in [1.82, 2.24) is 0 Å². The second kappa shape index (κ2) is 5.69. The van der Waals surface area contributed by atoms with Gasteiger partial charge in [0.05, 0.1) is 0 Å². The monoisotopic (exact) mass is 303 g/mol. The molecular formula is C12H15BrClNO. The highest BCUT2D eigenvalue weighted by atomic mass is 79.9. The van der Waals surface area contributed by atoms with E-state index in [2.05, 4.69) is 21.2 Å². The second-order valence-electron chi connectivity index (χ2n) is 3.78. The molecule has 0 saturated carbocycles. The molecule has 0 aliphatic carbocycles. The molecule has 1 rings (SSSR count). The number of nitrogens with one attached hydrogen (secondary N) is 1. The van der Waals surface area contributed by atoms with E-state index in [0.29, 0.717) is 6.42 Å². The maximum Gasteiger partial charge on any atom is 0.242 e. The summed E-state index contributed by atoms with van der Waals surface area (Å²) in [4.78, 5) is 11.7. The van der Waals surface area contributed by atoms with Crippen LogP contribution in [0.5, 0.6) is 0 Å². The molecule has 0 radical (unpaired) electrons. The Kier molecular flexibility index (Phi) is 4.81. The van der Waals surface area contributed by atoms with Crippen LogP contribution < -0.4 is 5.32 Å². The number of alkyl halides is 1. The zero-order chi connectivity index (χ0) is 12.3. The van der Waals surface area contributed by atoms with Gasteiger partial charge in [-0.25, -0.2) is 0 Å². The fourth-order valence-electron chi connectivity index (χ4n) is 1.49. The average Bonchev–Trinajstić information content (AvgIpc) is 2.21. The summed E-state index contributed by atoms with van der Waals surface area (Å²) in [6.07, 6.45) is 0.627. The lowest BCUT2D eigenvalue weighted by molar-refractivity contribution is -0.115. The third-order valence-electron chi connectivity index (χ3n) is 2.39. The van der Waals surface area contributed by atoms with E-state index < -0.39 is 5.38 Å². The maximum atomic E-state index is 11.7. The predicted molar refractivity (Wildman–Crippen MR) is 72.2 cm³/mol. The van der Waals surface area contributed by atoms with Crippen molar-refractivity contribution in [2.45, 2.75) is 32.6 Å². The molecule has 0 spiro atoms. The van der Waals surface area contributed by atoms with Gasteiger partial charge in [0.25, 0.3) is 0 Å². The minimum absolute atomic E-state index is 0.141. The molecule has 4 heteroatoms. The van der Waals surface area contributed by atoms with Gasteiger partial charge in [0.15, 0.2) is 0 Å². The van der Waals surface area contributed by atoms with Gasteiger partial charge in [-0.1, -0.05) is 22.9 Å². The zero-order valence-electron chi connectivity index (χ0n) is 9.60. The summed E-state index contributed by atoms with van der Waals surface area (Å²) in [6.45, 7) is 5.81. The molecule has 2 nitrogen and oxygen atoms in total. The van der Waals surface area contributed by atoms with Gasteiger partial charge in [-0.05, 0) is 43.5 Å². The number of amides is 1. The molecule has 0 heterocycles. The smallest absolute Gasteiger partial charge is 0.242 e. The van der Waals surface area contributed by atoms with Gasteiger partial charge >= 0.3 is 0 Å². The van der Waals surface area contributed by atoms with Crippen molar-refractivity contribution in [2.75, 3.05) is 5.32 Å². The SMILES string of the molecule is CCC(Cl)C(=O)Nc1c(C)cc(Br)cc1C. The van der Waals surface area contributed by atoms with Crippen LogP contribution in [-0.2, 0) is 4.79 Å². The van der Waals surface area contributed by atoms with Crippen LogP contribution in [0, 0.1) is 13.8 Å². The molecule has 1 N–H and O–H groups in total. The number of aryl methyl sites for hydroxylation is 2. The summed E-state index contributed by atoms with van der Waals surface area (Å²) in [5, 5.41) is 2.39. The van der Waals surface area contributed by atoms with Crippen molar-refractivity contribution in [3.63, 3.8) is 0 Å². The van der Waals surface area contributed by atoms with Gasteiger partial charge in [0, 0.05) is 10.2 Å². The van der Waals surface area contributed by atoms with Crippen LogP contribution in [-0.4, -0.2) is 11.3 Å². The average molecular weight is 305 g/mol. The van der Waals surface area contributed by atoms with Gasteiger partial charge < -0.3 is 5.32 Å². The largest absolute Gasteiger partial charge is 0.324 e. The van der Waals surface area contributed by atoms with E-state index in [9.17, 15) is 4.79 Å². The van der Waals surface area contributed by atoms with E-state index in [-0.39, 0.29) is 5.91 Å². The predicted octanol–water partition coefficient (Wildman–Crippen LogP) is 4.02. The summed E-state index contributed by atoms with van der Waals surface area (Å²) < 4.78 is 1.01. The van der Waals surface area contributed by atoms with Crippen LogP contribution >= 0.6 is 27.5 Å². The van der Waals surface area contributed by atoms with Gasteiger partial charge in [0.1, 0.15) is 5.38 Å². The van der Waals surface area contributed by atoms with Crippen molar-refractivity contribution < 1.29 is 4.79 Å². The first-order valence-electron chi connectivity index (χ1n) is 5.17. The Labute approximate surface area is 110 Å². The second-order valence-corrected chi connectivity index (χ2v) is 5.22. The topological polar surface area (TPSA) is 29.1 Å². The van der Waals surface area contributed by atoms with E-state index in [1.807, 2.05) is 32.9 Å². The molecule has 0 bridgehead atoms. The first-order chi connectivity index (χ1) is 7.45. The van der Waals surface area contributed by atoms with E-state index in [0.717, 1.165) is 21.3 Å². The number of hydrogen-bond donors (Lipinski definition) is 1. The first kappa shape index (κ1) is 13.5. The van der Waals surface area contributed by atoms with Crippen molar-refractivity contribution in [3.05, 3.63) is 27.7 Å². The van der Waals surface area contributed by atoms with Crippen molar-refractivity contribution in [1.29, 1.82) is 0 Å². The maximum absolute atomic E-state index is 11.7. The Hall–Kier alpha value is -0.540. The van der Waals surface area contributed by atoms with E-state index in [4.69, 9.17) is 11.6 Å². The summed E-state index contributed by atoms with van der Waals surface area (Å²) in [5.41, 5.74) is 2.91. The minimum Gasteiger partial charge on any atom is -0.324 e. The summed E-state index contributed by atoms with van der Waals surface area (Å²) in [5.74, 6) is -0.141. The standard InChI is InChI=1S/C12H15BrClNO/c1-4-10(14)12(16)15-11-7(2)5-9(13)6-8(11)3/h5-6,10H,4H2,1-3H3,(H,15,16). The molecule has 16 heavy (non-hydrogen) atoms. The molecule has 0 aliphatic rings. The van der Waals surface area contributed by atoms with Gasteiger partial charge in [-0.15, -0.1) is 11.6 Å². The number of hydrogen-bond acceptors (Lipinski definition) is 1. The van der Waals surface area contributed by atoms with Crippen LogP contribution in [0.25, 0.3) is 0 Å². The number of rotatable bonds is 3. The van der Waals surface area contributed by atoms with Crippen molar-refractivity contribution >= 4 is 39.1 Å². The Bertz CT molecular complexity index is 383. The normalized spacial score (nSPS) is 12.3. The molecule has 1 atom stereocenters. The van der Waals surface area contributed by atoms with Gasteiger partial charge in [-0.3, -0.25) is 4.79 Å². The minimum atomic E-state index is -0.470. The third-order valence-corrected chi connectivity index (χ3v) is 3.35. The fraction of sp³-hybridized carbons (Fsp3) is 0.417. The van der Waals surface area contributed by atoms with Gasteiger partial charge in [-0.2, -0.15) is 0 Å². The Balaban J connectivity index is 2.93. The van der Waals surface area contributed by atoms with Crippen molar-refractivity contribution in [2.24, 2.45) is 0 Å². The number of anilines is 1. The summed E-state index contributed by atoms with van der Waals surface area (Å²) in [6, 6.07) is 3.94. The number of carbonyl (C=O) groups excluding carboxylic acids is 1. The van der Waals surface area contributed by atoms with Crippen molar-refractivity contribution in [3.8, 4) is 0 Å². The van der Waals surface area contributed by atoms with E-state index in [1.165, 1.54) is 0 Å². The Morgan fingerprint density at radius 2 is 1.94 bits per heavy atom. The molecule has 0 fully saturated rings. The molecular weight excluding hydrogens is 289 g/mol. The van der Waals surface area contributed by atoms with E-state index >= 15 is 0 Å². The lowest BCUT2D eigenvalue weighted by Crippen LogP contribution is -2.23. The molecule has 88 valence electrons. The third kappa shape index (κ3) is 3.22. The number of benzene rings is 1. The van der Waals surface area contributed by atoms with Crippen LogP contribution in [0.4, 0.5) is 5.69 Å². The molecule has 1 unspecified atom stereocenters.